The predicted molar refractivity (Wildman–Crippen MR) is 72.9 cm³/mol. The average Bonchev–Trinajstić information content (AvgIpc) is 2.31. The molecule has 1 rings (SSSR count). The van der Waals surface area contributed by atoms with Crippen molar-refractivity contribution >= 4 is 0 Å². The zero-order chi connectivity index (χ0) is 11.7. The van der Waals surface area contributed by atoms with Gasteiger partial charge in [-0.1, -0.05) is 64.2 Å². The van der Waals surface area contributed by atoms with Gasteiger partial charge in [-0.2, -0.15) is 0 Å². The van der Waals surface area contributed by atoms with Crippen molar-refractivity contribution in [3.63, 3.8) is 0 Å². The molecule has 96 valence electrons. The van der Waals surface area contributed by atoms with Crippen molar-refractivity contribution in [1.82, 2.24) is 5.32 Å². The molecular weight excluding hydrogens is 194 g/mol. The average molecular weight is 225 g/mol. The van der Waals surface area contributed by atoms with Gasteiger partial charge in [-0.3, -0.25) is 0 Å². The summed E-state index contributed by atoms with van der Waals surface area (Å²) in [6, 6.07) is 0. The van der Waals surface area contributed by atoms with Crippen LogP contribution in [-0.2, 0) is 0 Å². The molecule has 0 unspecified atom stereocenters. The number of hydrogen-bond donors (Lipinski definition) is 1. The third-order valence-electron chi connectivity index (χ3n) is 4.31. The Morgan fingerprint density at radius 2 is 0.938 bits per heavy atom. The monoisotopic (exact) mass is 225 g/mol. The zero-order valence-corrected chi connectivity index (χ0v) is 11.5. The molecule has 1 N–H and O–H groups in total. The first kappa shape index (κ1) is 14.0. The van der Waals surface area contributed by atoms with Crippen molar-refractivity contribution in [2.24, 2.45) is 0 Å². The highest BCUT2D eigenvalue weighted by atomic mass is 14.9. The van der Waals surface area contributed by atoms with E-state index in [1.54, 1.807) is 0 Å². The van der Waals surface area contributed by atoms with E-state index >= 15 is 0 Å². The first-order valence-electron chi connectivity index (χ1n) is 7.46. The quantitative estimate of drug-likeness (QED) is 0.684. The maximum atomic E-state index is 3.55. The molecule has 0 aromatic carbocycles. The van der Waals surface area contributed by atoms with Gasteiger partial charge in [-0.25, -0.2) is 0 Å². The predicted octanol–water partition coefficient (Wildman–Crippen LogP) is 4.66. The Labute approximate surface area is 102 Å². The van der Waals surface area contributed by atoms with Crippen LogP contribution in [0.4, 0.5) is 0 Å². The van der Waals surface area contributed by atoms with Crippen molar-refractivity contribution in [2.45, 2.75) is 89.5 Å². The Hall–Kier alpha value is -0.0400. The van der Waals surface area contributed by atoms with Gasteiger partial charge >= 0.3 is 0 Å². The Bertz CT molecular complexity index is 151. The van der Waals surface area contributed by atoms with E-state index in [9.17, 15) is 0 Å². The summed E-state index contributed by atoms with van der Waals surface area (Å²) in [7, 11) is 2.14. The van der Waals surface area contributed by atoms with Crippen LogP contribution in [0.15, 0.2) is 0 Å². The van der Waals surface area contributed by atoms with Crippen LogP contribution in [0.25, 0.3) is 0 Å². The largest absolute Gasteiger partial charge is 0.315 e. The van der Waals surface area contributed by atoms with E-state index in [1.165, 1.54) is 77.0 Å². The summed E-state index contributed by atoms with van der Waals surface area (Å²) in [5.41, 5.74) is 0.411. The maximum absolute atomic E-state index is 3.55. The lowest BCUT2D eigenvalue weighted by molar-refractivity contribution is 0.308. The molecule has 16 heavy (non-hydrogen) atoms. The Balaban J connectivity index is 2.32. The number of rotatable bonds is 1. The molecule has 0 saturated heterocycles. The van der Waals surface area contributed by atoms with Gasteiger partial charge in [0.2, 0.25) is 0 Å². The molecule has 0 spiro atoms. The minimum absolute atomic E-state index is 0.411. The van der Waals surface area contributed by atoms with Gasteiger partial charge in [-0.15, -0.1) is 0 Å². The molecule has 0 aliphatic heterocycles. The van der Waals surface area contributed by atoms with Crippen LogP contribution in [0, 0.1) is 0 Å². The van der Waals surface area contributed by atoms with E-state index in [0.717, 1.165) is 0 Å². The van der Waals surface area contributed by atoms with Crippen molar-refractivity contribution in [3.05, 3.63) is 0 Å². The first-order valence-corrected chi connectivity index (χ1v) is 7.46. The second-order valence-corrected chi connectivity index (χ2v) is 5.85. The summed E-state index contributed by atoms with van der Waals surface area (Å²) in [5.74, 6) is 0. The molecule has 1 aliphatic carbocycles. The van der Waals surface area contributed by atoms with Gasteiger partial charge in [0.15, 0.2) is 0 Å². The summed E-state index contributed by atoms with van der Waals surface area (Å²) in [5, 5.41) is 3.55. The molecule has 1 saturated carbocycles. The van der Waals surface area contributed by atoms with E-state index in [-0.39, 0.29) is 0 Å². The Kier molecular flexibility index (Phi) is 7.11. The highest BCUT2D eigenvalue weighted by Crippen LogP contribution is 2.23. The molecule has 0 radical (unpaired) electrons. The molecule has 1 nitrogen and oxygen atoms in total. The SMILES string of the molecule is CNC1(C)CCCCCCCCCCCC1. The van der Waals surface area contributed by atoms with E-state index in [4.69, 9.17) is 0 Å². The minimum atomic E-state index is 0.411. The highest BCUT2D eigenvalue weighted by Gasteiger charge is 2.20. The molecule has 0 bridgehead atoms. The summed E-state index contributed by atoms with van der Waals surface area (Å²) in [6.07, 6.45) is 17.2. The van der Waals surface area contributed by atoms with Crippen LogP contribution in [-0.4, -0.2) is 12.6 Å². The van der Waals surface area contributed by atoms with Crippen molar-refractivity contribution in [1.29, 1.82) is 0 Å². The summed E-state index contributed by atoms with van der Waals surface area (Å²) < 4.78 is 0. The summed E-state index contributed by atoms with van der Waals surface area (Å²) >= 11 is 0. The van der Waals surface area contributed by atoms with Crippen LogP contribution in [0.2, 0.25) is 0 Å². The molecule has 0 atom stereocenters. The standard InChI is InChI=1S/C15H31N/c1-15(16-2)13-11-9-7-5-3-4-6-8-10-12-14-15/h16H,3-14H2,1-2H3. The topological polar surface area (TPSA) is 12.0 Å². The number of hydrogen-bond acceptors (Lipinski definition) is 1. The zero-order valence-electron chi connectivity index (χ0n) is 11.5. The van der Waals surface area contributed by atoms with Gasteiger partial charge in [0.05, 0.1) is 0 Å². The van der Waals surface area contributed by atoms with Crippen molar-refractivity contribution < 1.29 is 0 Å². The van der Waals surface area contributed by atoms with Crippen molar-refractivity contribution in [2.75, 3.05) is 7.05 Å². The lowest BCUT2D eigenvalue weighted by atomic mass is 9.88. The van der Waals surface area contributed by atoms with Crippen LogP contribution in [0.1, 0.15) is 84.0 Å². The molecule has 1 fully saturated rings. The van der Waals surface area contributed by atoms with Crippen molar-refractivity contribution in [3.8, 4) is 0 Å². The van der Waals surface area contributed by atoms with E-state index in [2.05, 4.69) is 19.3 Å². The Morgan fingerprint density at radius 3 is 1.25 bits per heavy atom. The molecule has 1 heteroatoms. The highest BCUT2D eigenvalue weighted by molar-refractivity contribution is 4.81. The van der Waals surface area contributed by atoms with Crippen LogP contribution in [0.3, 0.4) is 0 Å². The maximum Gasteiger partial charge on any atom is 0.0150 e. The fraction of sp³-hybridized carbons (Fsp3) is 1.00. The van der Waals surface area contributed by atoms with Gasteiger partial charge in [0.25, 0.3) is 0 Å². The summed E-state index contributed by atoms with van der Waals surface area (Å²) in [6.45, 7) is 2.41. The lowest BCUT2D eigenvalue weighted by Crippen LogP contribution is -2.39. The number of nitrogens with one attached hydrogen (secondary N) is 1. The molecular formula is C15H31N. The van der Waals surface area contributed by atoms with Crippen LogP contribution < -0.4 is 5.32 Å². The summed E-state index contributed by atoms with van der Waals surface area (Å²) in [4.78, 5) is 0. The molecule has 0 aromatic heterocycles. The van der Waals surface area contributed by atoms with Gasteiger partial charge in [0.1, 0.15) is 0 Å². The third-order valence-corrected chi connectivity index (χ3v) is 4.31. The fourth-order valence-electron chi connectivity index (χ4n) is 2.82. The van der Waals surface area contributed by atoms with Crippen LogP contribution in [0.5, 0.6) is 0 Å². The van der Waals surface area contributed by atoms with E-state index < -0.39 is 0 Å². The lowest BCUT2D eigenvalue weighted by Gasteiger charge is -2.29. The van der Waals surface area contributed by atoms with E-state index in [1.807, 2.05) is 0 Å². The second kappa shape index (κ2) is 8.11. The normalized spacial score (nSPS) is 25.1. The minimum Gasteiger partial charge on any atom is -0.315 e. The van der Waals surface area contributed by atoms with Gasteiger partial charge < -0.3 is 5.32 Å². The fourth-order valence-corrected chi connectivity index (χ4v) is 2.82. The molecule has 0 heterocycles. The smallest absolute Gasteiger partial charge is 0.0150 e. The van der Waals surface area contributed by atoms with Gasteiger partial charge in [0, 0.05) is 5.54 Å². The Morgan fingerprint density at radius 1 is 0.625 bits per heavy atom. The second-order valence-electron chi connectivity index (χ2n) is 5.85. The van der Waals surface area contributed by atoms with E-state index in [0.29, 0.717) is 5.54 Å². The third kappa shape index (κ3) is 5.89. The molecule has 0 amide bonds. The molecule has 1 aliphatic rings. The molecule has 0 aromatic rings. The van der Waals surface area contributed by atoms with Gasteiger partial charge in [-0.05, 0) is 26.8 Å². The first-order chi connectivity index (χ1) is 7.77. The van der Waals surface area contributed by atoms with Crippen LogP contribution >= 0.6 is 0 Å².